The second-order valence-corrected chi connectivity index (χ2v) is 15.2. The maximum absolute atomic E-state index is 12.0. The first-order valence-corrected chi connectivity index (χ1v) is 18.1. The van der Waals surface area contributed by atoms with Gasteiger partial charge >= 0.3 is 0 Å². The van der Waals surface area contributed by atoms with Gasteiger partial charge in [0.1, 0.15) is 0 Å². The molecule has 0 aliphatic carbocycles. The molecule has 0 spiro atoms. The number of nitrogens with zero attached hydrogens (tertiary/aromatic N) is 1. The Morgan fingerprint density at radius 1 is 0.706 bits per heavy atom. The van der Waals surface area contributed by atoms with Gasteiger partial charge in [-0.15, -0.1) is 0 Å². The minimum absolute atomic E-state index is 0.0114. The number of ether oxygens (including phenoxy) is 2. The summed E-state index contributed by atoms with van der Waals surface area (Å²) in [4.78, 5) is 14.5. The monoisotopic (exact) mass is 742 g/mol. The number of hydrogen-bond donors (Lipinski definition) is 2. The number of carbonyl (C=O) groups excluding carboxylic acids is 1. The van der Waals surface area contributed by atoms with Crippen molar-refractivity contribution < 1.29 is 19.4 Å². The second-order valence-electron chi connectivity index (χ2n) is 13.0. The van der Waals surface area contributed by atoms with Crippen molar-refractivity contribution in [2.24, 2.45) is 5.92 Å². The van der Waals surface area contributed by atoms with Gasteiger partial charge in [0.15, 0.2) is 6.29 Å². The third kappa shape index (κ3) is 10.00. The first-order valence-electron chi connectivity index (χ1n) is 17.0. The van der Waals surface area contributed by atoms with Crippen LogP contribution in [-0.4, -0.2) is 32.4 Å². The van der Waals surface area contributed by atoms with Gasteiger partial charge in [-0.2, -0.15) is 0 Å². The van der Waals surface area contributed by atoms with Crippen LogP contribution in [0.4, 0.5) is 0 Å². The molecule has 4 unspecified atom stereocenters. The summed E-state index contributed by atoms with van der Waals surface area (Å²) in [5.41, 5.74) is 8.17. The first-order chi connectivity index (χ1) is 24.7. The molecule has 2 N–H and O–H groups in total. The summed E-state index contributed by atoms with van der Waals surface area (Å²) in [6, 6.07) is 45.1. The van der Waals surface area contributed by atoms with Crippen LogP contribution in [0.2, 0.25) is 0 Å². The lowest BCUT2D eigenvalue weighted by Gasteiger charge is -2.43. The van der Waals surface area contributed by atoms with Gasteiger partial charge in [0.05, 0.1) is 18.8 Å². The number of hydrogen-bond acceptors (Lipinski definition) is 5. The Hall–Kier alpha value is -3.72. The molecule has 1 aliphatic rings. The van der Waals surface area contributed by atoms with Crippen molar-refractivity contribution in [2.45, 2.75) is 55.5 Å². The lowest BCUT2D eigenvalue weighted by molar-refractivity contribution is -0.276. The average molecular weight is 744 g/mol. The molecule has 1 aliphatic heterocycles. The number of aliphatic hydroxyl groups excluding tert-OH is 1. The van der Waals surface area contributed by atoms with E-state index >= 15 is 0 Å². The van der Waals surface area contributed by atoms with Crippen LogP contribution in [0.3, 0.4) is 0 Å². The Labute approximate surface area is 314 Å². The molecule has 1 saturated heterocycles. The fourth-order valence-corrected chi connectivity index (χ4v) is 6.63. The number of nitrogens with one attached hydrogen (secondary N) is 1. The second kappa shape index (κ2) is 17.2. The quantitative estimate of drug-likeness (QED) is 0.125. The van der Waals surface area contributed by atoms with E-state index in [1.54, 1.807) is 0 Å². The molecule has 0 radical (unpaired) electrons. The Morgan fingerprint density at radius 2 is 1.29 bits per heavy atom. The highest BCUT2D eigenvalue weighted by Gasteiger charge is 2.39. The number of carbonyl (C=O) groups is 1. The molecule has 1 amide bonds. The van der Waals surface area contributed by atoms with Gasteiger partial charge in [0.2, 0.25) is 0 Å². The molecule has 0 saturated carbocycles. The smallest absolute Gasteiger partial charge is 0.272 e. The molecular weight excluding hydrogens is 703 g/mol. The minimum atomic E-state index is -2.02. The van der Waals surface area contributed by atoms with Crippen molar-refractivity contribution in [3.63, 3.8) is 0 Å². The SMILES string of the molecule is CC1C(CN(Cc2ccccc2)Cc2ccccc2)OC(c2ccc(-c3cccc(CNC(=O)C(Cl)(Cl)Cl)c3)cc2)OC1c1ccc(CO)cc1. The van der Waals surface area contributed by atoms with Crippen LogP contribution in [0, 0.1) is 5.92 Å². The van der Waals surface area contributed by atoms with Gasteiger partial charge in [-0.3, -0.25) is 9.69 Å². The predicted octanol–water partition coefficient (Wildman–Crippen LogP) is 9.33. The van der Waals surface area contributed by atoms with E-state index in [9.17, 15) is 9.90 Å². The van der Waals surface area contributed by atoms with E-state index < -0.39 is 16.0 Å². The summed E-state index contributed by atoms with van der Waals surface area (Å²) >= 11 is 17.1. The van der Waals surface area contributed by atoms with Crippen LogP contribution in [0.5, 0.6) is 0 Å². The van der Waals surface area contributed by atoms with E-state index in [4.69, 9.17) is 44.3 Å². The van der Waals surface area contributed by atoms with Gasteiger partial charge in [-0.25, -0.2) is 0 Å². The Balaban J connectivity index is 1.25. The first kappa shape index (κ1) is 37.1. The summed E-state index contributed by atoms with van der Waals surface area (Å²) in [5, 5.41) is 12.3. The molecule has 0 aromatic heterocycles. The highest BCUT2D eigenvalue weighted by atomic mass is 35.6. The van der Waals surface area contributed by atoms with E-state index in [2.05, 4.69) is 77.8 Å². The topological polar surface area (TPSA) is 71.0 Å². The molecule has 9 heteroatoms. The number of halogens is 3. The van der Waals surface area contributed by atoms with E-state index in [1.807, 2.05) is 72.8 Å². The summed E-state index contributed by atoms with van der Waals surface area (Å²) in [7, 11) is 0. The number of aliphatic hydroxyl groups is 1. The molecule has 1 fully saturated rings. The normalized spacial score (nSPS) is 19.2. The van der Waals surface area contributed by atoms with Crippen LogP contribution >= 0.6 is 34.8 Å². The third-order valence-electron chi connectivity index (χ3n) is 9.21. The largest absolute Gasteiger partial charge is 0.392 e. The van der Waals surface area contributed by atoms with E-state index in [-0.39, 0.29) is 31.3 Å². The van der Waals surface area contributed by atoms with Crippen molar-refractivity contribution in [1.29, 1.82) is 0 Å². The molecule has 0 bridgehead atoms. The van der Waals surface area contributed by atoms with Crippen LogP contribution in [0.25, 0.3) is 11.1 Å². The van der Waals surface area contributed by atoms with Gasteiger partial charge in [-0.05, 0) is 45.0 Å². The van der Waals surface area contributed by atoms with E-state index in [1.165, 1.54) is 11.1 Å². The highest BCUT2D eigenvalue weighted by Crippen LogP contribution is 2.42. The molecule has 4 atom stereocenters. The van der Waals surface area contributed by atoms with Crippen molar-refractivity contribution in [2.75, 3.05) is 6.54 Å². The summed E-state index contributed by atoms with van der Waals surface area (Å²) in [6.45, 7) is 4.68. The third-order valence-corrected chi connectivity index (χ3v) is 9.73. The maximum Gasteiger partial charge on any atom is 0.272 e. The molecule has 1 heterocycles. The van der Waals surface area contributed by atoms with Crippen molar-refractivity contribution in [3.8, 4) is 11.1 Å². The van der Waals surface area contributed by atoms with Crippen LogP contribution < -0.4 is 5.32 Å². The maximum atomic E-state index is 12.0. The van der Waals surface area contributed by atoms with E-state index in [0.717, 1.165) is 46.5 Å². The molecule has 51 heavy (non-hydrogen) atoms. The zero-order valence-electron chi connectivity index (χ0n) is 28.3. The van der Waals surface area contributed by atoms with Gasteiger partial charge in [0.25, 0.3) is 9.70 Å². The average Bonchev–Trinajstić information content (AvgIpc) is 3.15. The molecule has 5 aromatic carbocycles. The molecule has 6 rings (SSSR count). The molecule has 6 nitrogen and oxygen atoms in total. The lowest BCUT2D eigenvalue weighted by Crippen LogP contribution is -2.44. The molecular formula is C42H41Cl3N2O4. The van der Waals surface area contributed by atoms with Gasteiger partial charge in [0, 0.05) is 37.7 Å². The zero-order chi connectivity index (χ0) is 35.8. The van der Waals surface area contributed by atoms with E-state index in [0.29, 0.717) is 6.54 Å². The molecule has 5 aromatic rings. The van der Waals surface area contributed by atoms with Crippen LogP contribution in [-0.2, 0) is 40.5 Å². The Bertz CT molecular complexity index is 1810. The van der Waals surface area contributed by atoms with Crippen molar-refractivity contribution >= 4 is 40.7 Å². The van der Waals surface area contributed by atoms with Gasteiger partial charge in [-0.1, -0.05) is 169 Å². The van der Waals surface area contributed by atoms with Crippen LogP contribution in [0.15, 0.2) is 133 Å². The number of benzene rings is 5. The zero-order valence-corrected chi connectivity index (χ0v) is 30.6. The Kier molecular flexibility index (Phi) is 12.5. The summed E-state index contributed by atoms with van der Waals surface area (Å²) < 4.78 is 11.6. The number of rotatable bonds is 12. The minimum Gasteiger partial charge on any atom is -0.392 e. The number of alkyl halides is 3. The fourth-order valence-electron chi connectivity index (χ4n) is 6.43. The standard InChI is InChI=1S/C42H41Cl3N2O4/c1-29-38(27-47(25-30-9-4-2-5-10-30)26-31-11-6-3-7-12-31)50-40(51-39(29)35-17-15-32(28-48)16-18-35)36-21-19-34(20-22-36)37-14-8-13-33(23-37)24-46-41(49)42(43,44)45/h2-23,29,38-40,48H,24-28H2,1H3,(H,46,49). The van der Waals surface area contributed by atoms with Gasteiger partial charge < -0.3 is 19.9 Å². The fraction of sp³-hybridized carbons (Fsp3) is 0.262. The summed E-state index contributed by atoms with van der Waals surface area (Å²) in [6.07, 6.45) is -0.962. The van der Waals surface area contributed by atoms with Crippen molar-refractivity contribution in [1.82, 2.24) is 10.2 Å². The molecule has 264 valence electrons. The highest BCUT2D eigenvalue weighted by molar-refractivity contribution is 6.76. The predicted molar refractivity (Wildman–Crippen MR) is 204 cm³/mol. The lowest BCUT2D eigenvalue weighted by atomic mass is 9.89. The number of amides is 1. The summed E-state index contributed by atoms with van der Waals surface area (Å²) in [5.74, 6) is -0.632. The Morgan fingerprint density at radius 3 is 1.88 bits per heavy atom. The van der Waals surface area contributed by atoms with Crippen molar-refractivity contribution in [3.05, 3.63) is 167 Å². The van der Waals surface area contributed by atoms with Crippen LogP contribution in [0.1, 0.15) is 52.7 Å².